The van der Waals surface area contributed by atoms with Crippen LogP contribution >= 0.6 is 0 Å². The molecule has 1 aliphatic heterocycles. The molecule has 0 aromatic heterocycles. The molecule has 0 bridgehead atoms. The molecule has 1 heterocycles. The van der Waals surface area contributed by atoms with Crippen molar-refractivity contribution in [3.8, 4) is 0 Å². The average Bonchev–Trinajstić information content (AvgIpc) is 3.15. The first-order valence-electron chi connectivity index (χ1n) is 10.6. The van der Waals surface area contributed by atoms with Gasteiger partial charge in [0, 0.05) is 18.3 Å². The van der Waals surface area contributed by atoms with Crippen molar-refractivity contribution in [2.45, 2.75) is 77.2 Å². The number of carbonyl (C=O) groups is 1. The highest BCUT2D eigenvalue weighted by Gasteiger charge is 2.66. The van der Waals surface area contributed by atoms with E-state index < -0.39 is 0 Å². The molecule has 0 unspecified atom stereocenters. The quantitative estimate of drug-likeness (QED) is 0.608. The van der Waals surface area contributed by atoms with Crippen molar-refractivity contribution < 1.29 is 14.3 Å². The van der Waals surface area contributed by atoms with Gasteiger partial charge in [-0.25, -0.2) is 0 Å². The van der Waals surface area contributed by atoms with E-state index in [1.807, 2.05) is 0 Å². The second kappa shape index (κ2) is 5.39. The zero-order valence-electron chi connectivity index (χ0n) is 16.5. The maximum Gasteiger partial charge on any atom is 0.306 e. The van der Waals surface area contributed by atoms with Gasteiger partial charge in [0.25, 0.3) is 0 Å². The predicted molar refractivity (Wildman–Crippen MR) is 100 cm³/mol. The van der Waals surface area contributed by atoms with Crippen LogP contribution in [0.15, 0.2) is 23.5 Å². The molecule has 0 amide bonds. The molecule has 26 heavy (non-hydrogen) atoms. The summed E-state index contributed by atoms with van der Waals surface area (Å²) in [6.45, 7) is 4.95. The molecular weight excluding hydrogens is 324 g/mol. The van der Waals surface area contributed by atoms with Crippen molar-refractivity contribution in [2.75, 3.05) is 7.11 Å². The van der Waals surface area contributed by atoms with Gasteiger partial charge in [-0.2, -0.15) is 0 Å². The van der Waals surface area contributed by atoms with Crippen LogP contribution in [-0.2, 0) is 14.3 Å². The van der Waals surface area contributed by atoms with E-state index in [2.05, 4.69) is 26.0 Å². The smallest absolute Gasteiger partial charge is 0.306 e. The maximum absolute atomic E-state index is 12.0. The van der Waals surface area contributed by atoms with Crippen LogP contribution in [-0.4, -0.2) is 18.7 Å². The molecule has 0 aromatic carbocycles. The minimum Gasteiger partial charge on any atom is -0.501 e. The van der Waals surface area contributed by atoms with Gasteiger partial charge in [-0.15, -0.1) is 0 Å². The van der Waals surface area contributed by atoms with Crippen molar-refractivity contribution in [2.24, 2.45) is 28.6 Å². The first-order valence-corrected chi connectivity index (χ1v) is 10.6. The SMILES string of the molecule is COC1=CC2=CC[C@@H]3[C@@H]4CC[C@]5(CCC(=O)O5)[C@@]4(C)CC[C@@H]3[C@]2(C)CC1. The third kappa shape index (κ3) is 1.98. The molecule has 5 aliphatic rings. The minimum atomic E-state index is -0.152. The van der Waals surface area contributed by atoms with Crippen molar-refractivity contribution in [1.29, 1.82) is 0 Å². The molecule has 3 nitrogen and oxygen atoms in total. The number of fused-ring (bicyclic) bond motifs is 6. The van der Waals surface area contributed by atoms with Crippen molar-refractivity contribution in [3.05, 3.63) is 23.5 Å². The first-order chi connectivity index (χ1) is 12.4. The largest absolute Gasteiger partial charge is 0.501 e. The summed E-state index contributed by atoms with van der Waals surface area (Å²) in [6, 6.07) is 0. The Morgan fingerprint density at radius 3 is 2.62 bits per heavy atom. The predicted octanol–water partition coefficient (Wildman–Crippen LogP) is 5.17. The van der Waals surface area contributed by atoms with E-state index in [-0.39, 0.29) is 17.0 Å². The second-order valence-electron chi connectivity index (χ2n) is 9.97. The number of ether oxygens (including phenoxy) is 2. The zero-order chi connectivity index (χ0) is 18.2. The monoisotopic (exact) mass is 356 g/mol. The molecule has 0 radical (unpaired) electrons. The fourth-order valence-corrected chi connectivity index (χ4v) is 7.76. The van der Waals surface area contributed by atoms with Crippen LogP contribution < -0.4 is 0 Å². The summed E-state index contributed by atoms with van der Waals surface area (Å²) >= 11 is 0. The third-order valence-corrected chi connectivity index (χ3v) is 9.33. The molecule has 3 fully saturated rings. The van der Waals surface area contributed by atoms with Crippen molar-refractivity contribution in [3.63, 3.8) is 0 Å². The minimum absolute atomic E-state index is 0.0382. The normalized spacial score (nSPS) is 49.7. The lowest BCUT2D eigenvalue weighted by Crippen LogP contribution is -2.54. The maximum atomic E-state index is 12.0. The third-order valence-electron chi connectivity index (χ3n) is 9.33. The Labute approximate surface area is 157 Å². The number of hydrogen-bond donors (Lipinski definition) is 0. The van der Waals surface area contributed by atoms with Crippen LogP contribution in [0.2, 0.25) is 0 Å². The summed E-state index contributed by atoms with van der Waals surface area (Å²) in [5.74, 6) is 3.40. The Morgan fingerprint density at radius 1 is 1.08 bits per heavy atom. The summed E-state index contributed by atoms with van der Waals surface area (Å²) in [7, 11) is 1.80. The van der Waals surface area contributed by atoms with Gasteiger partial charge in [0.05, 0.1) is 12.9 Å². The van der Waals surface area contributed by atoms with Crippen LogP contribution in [0.3, 0.4) is 0 Å². The lowest BCUT2D eigenvalue weighted by Gasteiger charge is -2.58. The molecule has 1 saturated heterocycles. The number of carbonyl (C=O) groups excluding carboxylic acids is 1. The van der Waals surface area contributed by atoms with Gasteiger partial charge in [-0.1, -0.05) is 19.9 Å². The Kier molecular flexibility index (Phi) is 3.50. The highest BCUT2D eigenvalue weighted by atomic mass is 16.6. The summed E-state index contributed by atoms with van der Waals surface area (Å²) in [4.78, 5) is 12.0. The van der Waals surface area contributed by atoms with Gasteiger partial charge >= 0.3 is 5.97 Å². The molecule has 0 aromatic rings. The van der Waals surface area contributed by atoms with Gasteiger partial charge in [0.1, 0.15) is 5.60 Å². The number of hydrogen-bond acceptors (Lipinski definition) is 3. The van der Waals surface area contributed by atoms with E-state index in [1.165, 1.54) is 37.7 Å². The fourth-order valence-electron chi connectivity index (χ4n) is 7.76. The Hall–Kier alpha value is -1.25. The molecule has 4 aliphatic carbocycles. The highest BCUT2D eigenvalue weighted by molar-refractivity contribution is 5.72. The topological polar surface area (TPSA) is 35.5 Å². The van der Waals surface area contributed by atoms with E-state index in [4.69, 9.17) is 9.47 Å². The summed E-state index contributed by atoms with van der Waals surface area (Å²) in [6.07, 6.45) is 14.7. The first kappa shape index (κ1) is 16.9. The van der Waals surface area contributed by atoms with E-state index >= 15 is 0 Å². The van der Waals surface area contributed by atoms with Gasteiger partial charge < -0.3 is 9.47 Å². The summed E-state index contributed by atoms with van der Waals surface area (Å²) in [5.41, 5.74) is 1.85. The number of methoxy groups -OCH3 is 1. The van der Waals surface area contributed by atoms with Gasteiger partial charge in [-0.3, -0.25) is 4.79 Å². The van der Waals surface area contributed by atoms with Gasteiger partial charge in [-0.05, 0) is 79.8 Å². The zero-order valence-corrected chi connectivity index (χ0v) is 16.5. The van der Waals surface area contributed by atoms with Gasteiger partial charge in [0.15, 0.2) is 0 Å². The van der Waals surface area contributed by atoms with E-state index in [9.17, 15) is 4.79 Å². The Bertz CT molecular complexity index is 706. The van der Waals surface area contributed by atoms with Crippen LogP contribution in [0.25, 0.3) is 0 Å². The Balaban J connectivity index is 1.49. The standard InChI is InChI=1S/C23H32O3/c1-21-10-6-16(25-3)14-15(21)4-5-17-18(21)7-11-22(2)19(17)8-12-23(22)13-9-20(24)26-23/h4,14,17-19H,5-13H2,1-3H3/t17-,18-,19-,21+,22-,23-/m0/s1. The molecule has 1 spiro atoms. The van der Waals surface area contributed by atoms with Crippen LogP contribution in [0, 0.1) is 28.6 Å². The molecule has 2 saturated carbocycles. The molecule has 0 N–H and O–H groups in total. The molecule has 142 valence electrons. The molecule has 6 atom stereocenters. The van der Waals surface area contributed by atoms with E-state index in [0.717, 1.165) is 36.9 Å². The molecule has 5 rings (SSSR count). The number of esters is 1. The van der Waals surface area contributed by atoms with E-state index in [0.29, 0.717) is 17.8 Å². The second-order valence-corrected chi connectivity index (χ2v) is 9.97. The van der Waals surface area contributed by atoms with Crippen molar-refractivity contribution >= 4 is 5.97 Å². The molecule has 3 heteroatoms. The average molecular weight is 357 g/mol. The van der Waals surface area contributed by atoms with Crippen LogP contribution in [0.1, 0.15) is 71.6 Å². The Morgan fingerprint density at radius 2 is 1.88 bits per heavy atom. The molecular formula is C23H32O3. The van der Waals surface area contributed by atoms with Crippen LogP contribution in [0.5, 0.6) is 0 Å². The number of allylic oxidation sites excluding steroid dienone is 4. The lowest BCUT2D eigenvalue weighted by atomic mass is 9.47. The lowest BCUT2D eigenvalue weighted by molar-refractivity contribution is -0.167. The summed E-state index contributed by atoms with van der Waals surface area (Å²) in [5, 5.41) is 0. The van der Waals surface area contributed by atoms with Gasteiger partial charge in [0.2, 0.25) is 0 Å². The number of rotatable bonds is 1. The summed E-state index contributed by atoms with van der Waals surface area (Å²) < 4.78 is 11.6. The van der Waals surface area contributed by atoms with Crippen LogP contribution in [0.4, 0.5) is 0 Å². The highest BCUT2D eigenvalue weighted by Crippen LogP contribution is 2.69. The van der Waals surface area contributed by atoms with Crippen molar-refractivity contribution in [1.82, 2.24) is 0 Å². The fraction of sp³-hybridized carbons (Fsp3) is 0.783. The van der Waals surface area contributed by atoms with E-state index in [1.54, 1.807) is 7.11 Å².